The maximum absolute atomic E-state index is 2.53. The van der Waals surface area contributed by atoms with Crippen molar-refractivity contribution in [3.63, 3.8) is 0 Å². The van der Waals surface area contributed by atoms with Crippen LogP contribution in [0.2, 0.25) is 0 Å². The molecule has 2 atom stereocenters. The van der Waals surface area contributed by atoms with Gasteiger partial charge in [-0.25, -0.2) is 0 Å². The summed E-state index contributed by atoms with van der Waals surface area (Å²) in [6.45, 7) is 4.00. The fourth-order valence-electron chi connectivity index (χ4n) is 0.130. The maximum atomic E-state index is 2.53. The van der Waals surface area contributed by atoms with Gasteiger partial charge in [0.15, 0.2) is 0 Å². The Kier molecular flexibility index (Phi) is 58.3. The fourth-order valence-corrected chi connectivity index (χ4v) is 1.74. The average molecular weight is 468 g/mol. The molecule has 0 saturated heterocycles. The Morgan fingerprint density at radius 1 is 1.17 bits per heavy atom. The lowest BCUT2D eigenvalue weighted by Crippen LogP contribution is -1.26. The van der Waals surface area contributed by atoms with Gasteiger partial charge >= 0.3 is 0 Å². The van der Waals surface area contributed by atoms with E-state index in [4.69, 9.17) is 0 Å². The molecule has 0 bridgehead atoms. The second-order valence-electron chi connectivity index (χ2n) is 1.16. The van der Waals surface area contributed by atoms with Crippen LogP contribution >= 0.6 is 83.8 Å². The summed E-state index contributed by atoms with van der Waals surface area (Å²) in [5.74, 6) is 0. The third-order valence-corrected chi connectivity index (χ3v) is 2.56. The van der Waals surface area contributed by atoms with Crippen LogP contribution in [0.5, 0.6) is 0 Å². The Morgan fingerprint density at radius 3 is 1.58 bits per heavy atom. The Labute approximate surface area is 119 Å². The van der Waals surface area contributed by atoms with Gasteiger partial charge in [0.2, 0.25) is 0 Å². The van der Waals surface area contributed by atoms with Crippen LogP contribution in [-0.4, -0.2) is 0 Å². The molecule has 6 heteroatoms. The molecule has 0 aromatic carbocycles. The molecule has 0 aliphatic rings. The van der Waals surface area contributed by atoms with Gasteiger partial charge in [-0.15, -0.1) is 35.4 Å². The first-order valence-electron chi connectivity index (χ1n) is 2.68. The molecule has 12 heavy (non-hydrogen) atoms. The summed E-state index contributed by atoms with van der Waals surface area (Å²) in [5.41, 5.74) is 0. The zero-order valence-electron chi connectivity index (χ0n) is 7.20. The SMILES string of the molecule is CC=CSI.CC=CSP.I.P. The van der Waals surface area contributed by atoms with Crippen molar-refractivity contribution < 1.29 is 0 Å². The van der Waals surface area contributed by atoms with E-state index in [1.165, 1.54) is 0 Å². The standard InChI is InChI=1S/C3H5IS.C3H7PS.HI.H3P/c2*1-2-3-5-4;;/h2-3H,1H3;2-3H,4H2,1H3;1H;1H3. The molecule has 0 aromatic rings. The molecule has 0 aromatic heterocycles. The minimum Gasteiger partial charge on any atom is -0.153 e. The number of halogens is 2. The van der Waals surface area contributed by atoms with E-state index in [0.717, 1.165) is 0 Å². The highest BCUT2D eigenvalue weighted by Gasteiger charge is 1.54. The molecule has 0 aliphatic carbocycles. The van der Waals surface area contributed by atoms with Gasteiger partial charge in [-0.3, -0.25) is 0 Å². The molecular formula is C6H16I2P2S2. The molecule has 0 amide bonds. The summed E-state index contributed by atoms with van der Waals surface area (Å²) in [6.07, 6.45) is 4.01. The second-order valence-corrected chi connectivity index (χ2v) is 4.50. The molecule has 0 N–H and O–H groups in total. The predicted molar refractivity (Wildman–Crippen MR) is 95.1 cm³/mol. The summed E-state index contributed by atoms with van der Waals surface area (Å²) in [4.78, 5) is 0. The van der Waals surface area contributed by atoms with E-state index in [1.807, 2.05) is 36.8 Å². The molecule has 0 aliphatic heterocycles. The quantitative estimate of drug-likeness (QED) is 0.398. The topological polar surface area (TPSA) is 0 Å². The number of rotatable bonds is 2. The second kappa shape index (κ2) is 29.2. The summed E-state index contributed by atoms with van der Waals surface area (Å²) >= 11 is 3.86. The van der Waals surface area contributed by atoms with Crippen LogP contribution in [0, 0.1) is 0 Å². The van der Waals surface area contributed by atoms with Gasteiger partial charge in [-0.05, 0) is 24.7 Å². The summed E-state index contributed by atoms with van der Waals surface area (Å²) in [7, 11) is 4.22. The summed E-state index contributed by atoms with van der Waals surface area (Å²) in [5, 5.41) is 4.03. The van der Waals surface area contributed by atoms with Crippen molar-refractivity contribution in [1.29, 1.82) is 0 Å². The smallest absolute Gasteiger partial charge is 0.000764 e. The van der Waals surface area contributed by atoms with Crippen LogP contribution in [-0.2, 0) is 0 Å². The van der Waals surface area contributed by atoms with E-state index >= 15 is 0 Å². The molecule has 0 fully saturated rings. The van der Waals surface area contributed by atoms with Crippen molar-refractivity contribution in [1.82, 2.24) is 0 Å². The highest BCUT2D eigenvalue weighted by atomic mass is 127. The van der Waals surface area contributed by atoms with Crippen molar-refractivity contribution in [2.24, 2.45) is 0 Å². The maximum Gasteiger partial charge on any atom is 0.000764 e. The Morgan fingerprint density at radius 2 is 1.58 bits per heavy atom. The van der Waals surface area contributed by atoms with Gasteiger partial charge in [0.05, 0.1) is 0 Å². The fraction of sp³-hybridized carbons (Fsp3) is 0.333. The zero-order chi connectivity index (χ0) is 8.24. The summed E-state index contributed by atoms with van der Waals surface area (Å²) < 4.78 is 0. The van der Waals surface area contributed by atoms with Crippen molar-refractivity contribution >= 4 is 83.8 Å². The van der Waals surface area contributed by atoms with Gasteiger partial charge in [-0.2, -0.15) is 9.90 Å². The van der Waals surface area contributed by atoms with Crippen molar-refractivity contribution in [2.75, 3.05) is 0 Å². The number of allylic oxidation sites excluding steroid dienone is 2. The molecule has 0 spiro atoms. The Bertz CT molecular complexity index is 87.5. The van der Waals surface area contributed by atoms with E-state index in [9.17, 15) is 0 Å². The normalized spacial score (nSPS) is 8.33. The third kappa shape index (κ3) is 39.1. The van der Waals surface area contributed by atoms with Crippen LogP contribution in [0.3, 0.4) is 0 Å². The van der Waals surface area contributed by atoms with E-state index in [0.29, 0.717) is 0 Å². The van der Waals surface area contributed by atoms with E-state index in [2.05, 4.69) is 29.6 Å². The van der Waals surface area contributed by atoms with Gasteiger partial charge in [0.1, 0.15) is 0 Å². The van der Waals surface area contributed by atoms with Crippen LogP contribution in [0.25, 0.3) is 0 Å². The highest BCUT2D eigenvalue weighted by Crippen LogP contribution is 2.10. The lowest BCUT2D eigenvalue weighted by molar-refractivity contribution is 1.79. The minimum absolute atomic E-state index is 0. The van der Waals surface area contributed by atoms with Crippen LogP contribution in [0.1, 0.15) is 13.8 Å². The monoisotopic (exact) mass is 468 g/mol. The molecule has 0 nitrogen and oxygen atoms in total. The largest absolute Gasteiger partial charge is 0.153 e. The average Bonchev–Trinajstić information content (AvgIpc) is 1.93. The molecule has 0 heterocycles. The number of hydrogen-bond donors (Lipinski definition) is 0. The molecular weight excluding hydrogens is 452 g/mol. The van der Waals surface area contributed by atoms with Crippen LogP contribution < -0.4 is 0 Å². The lowest BCUT2D eigenvalue weighted by atomic mass is 10.8. The molecule has 2 unspecified atom stereocenters. The minimum atomic E-state index is 0. The first-order chi connectivity index (χ1) is 4.83. The van der Waals surface area contributed by atoms with Crippen LogP contribution in [0.15, 0.2) is 23.0 Å². The first kappa shape index (κ1) is 24.0. The Hall–Kier alpha value is 2.50. The lowest BCUT2D eigenvalue weighted by Gasteiger charge is -1.65. The Balaban J connectivity index is -0.0000000457. The van der Waals surface area contributed by atoms with Gasteiger partial charge < -0.3 is 0 Å². The predicted octanol–water partition coefficient (Wildman–Crippen LogP) is 5.32. The van der Waals surface area contributed by atoms with Gasteiger partial charge in [-0.1, -0.05) is 29.5 Å². The molecule has 76 valence electrons. The molecule has 0 radical (unpaired) electrons. The first-order valence-corrected chi connectivity index (χ1v) is 8.46. The van der Waals surface area contributed by atoms with E-state index in [1.54, 1.807) is 20.3 Å². The zero-order valence-corrected chi connectivity index (χ0v) is 15.9. The third-order valence-electron chi connectivity index (χ3n) is 0.402. The van der Waals surface area contributed by atoms with Gasteiger partial charge in [0, 0.05) is 21.2 Å². The van der Waals surface area contributed by atoms with E-state index in [-0.39, 0.29) is 33.9 Å². The van der Waals surface area contributed by atoms with Gasteiger partial charge in [0.25, 0.3) is 0 Å². The van der Waals surface area contributed by atoms with E-state index < -0.39 is 0 Å². The highest BCUT2D eigenvalue weighted by molar-refractivity contribution is 14.2. The molecule has 0 rings (SSSR count). The van der Waals surface area contributed by atoms with Crippen molar-refractivity contribution in [3.8, 4) is 0 Å². The van der Waals surface area contributed by atoms with Crippen LogP contribution in [0.4, 0.5) is 0 Å². The van der Waals surface area contributed by atoms with Crippen molar-refractivity contribution in [3.05, 3.63) is 23.0 Å². The van der Waals surface area contributed by atoms with Crippen molar-refractivity contribution in [2.45, 2.75) is 13.8 Å². The summed E-state index contributed by atoms with van der Waals surface area (Å²) in [6, 6.07) is 0. The molecule has 0 saturated carbocycles. The number of hydrogen-bond acceptors (Lipinski definition) is 2.